The van der Waals surface area contributed by atoms with E-state index < -0.39 is 0 Å². The minimum atomic E-state index is 0.494. The van der Waals surface area contributed by atoms with Crippen LogP contribution in [0.25, 0.3) is 0 Å². The van der Waals surface area contributed by atoms with Crippen LogP contribution in [0.3, 0.4) is 0 Å². The second-order valence-corrected chi connectivity index (χ2v) is 5.93. The lowest BCUT2D eigenvalue weighted by atomic mass is 10.2. The van der Waals surface area contributed by atoms with Crippen molar-refractivity contribution in [3.05, 3.63) is 18.2 Å². The highest BCUT2D eigenvalue weighted by Gasteiger charge is 2.15. The Hall–Kier alpha value is -0.870. The van der Waals surface area contributed by atoms with Gasteiger partial charge in [-0.05, 0) is 31.7 Å². The molecule has 0 aliphatic carbocycles. The van der Waals surface area contributed by atoms with E-state index in [1.807, 2.05) is 17.8 Å². The average molecular weight is 267 g/mol. The van der Waals surface area contributed by atoms with E-state index in [4.69, 9.17) is 9.47 Å². The van der Waals surface area contributed by atoms with Crippen molar-refractivity contribution >= 4 is 11.8 Å². The molecule has 0 aromatic heterocycles. The molecule has 1 aromatic carbocycles. The van der Waals surface area contributed by atoms with Crippen LogP contribution in [0.15, 0.2) is 23.1 Å². The molecule has 18 heavy (non-hydrogen) atoms. The van der Waals surface area contributed by atoms with Gasteiger partial charge in [0.25, 0.3) is 0 Å². The van der Waals surface area contributed by atoms with Crippen molar-refractivity contribution in [1.82, 2.24) is 5.32 Å². The van der Waals surface area contributed by atoms with Crippen LogP contribution >= 0.6 is 11.8 Å². The fraction of sp³-hybridized carbons (Fsp3) is 0.571. The topological polar surface area (TPSA) is 30.5 Å². The van der Waals surface area contributed by atoms with Crippen LogP contribution < -0.4 is 14.8 Å². The Kier molecular flexibility index (Phi) is 4.78. The lowest BCUT2D eigenvalue weighted by molar-refractivity contribution is 0.171. The third-order valence-corrected chi connectivity index (χ3v) is 4.37. The Balaban J connectivity index is 2.01. The molecular formula is C14H21NO2S. The van der Waals surface area contributed by atoms with Gasteiger partial charge in [0.05, 0.1) is 0 Å². The maximum atomic E-state index is 5.60. The van der Waals surface area contributed by atoms with Crippen LogP contribution in [0.4, 0.5) is 0 Å². The molecule has 3 nitrogen and oxygen atoms in total. The SMILES string of the molecule is CCNC(C)C(C)Sc1ccc2c(c1)OCCO2. The first-order chi connectivity index (χ1) is 8.70. The maximum Gasteiger partial charge on any atom is 0.162 e. The fourth-order valence-electron chi connectivity index (χ4n) is 1.90. The number of hydrogen-bond acceptors (Lipinski definition) is 4. The largest absolute Gasteiger partial charge is 0.486 e. The molecule has 2 rings (SSSR count). The smallest absolute Gasteiger partial charge is 0.162 e. The molecular weight excluding hydrogens is 246 g/mol. The Morgan fingerprint density at radius 2 is 1.94 bits per heavy atom. The van der Waals surface area contributed by atoms with E-state index in [9.17, 15) is 0 Å². The molecule has 1 aromatic rings. The van der Waals surface area contributed by atoms with Gasteiger partial charge in [-0.2, -0.15) is 0 Å². The molecule has 2 unspecified atom stereocenters. The molecule has 1 N–H and O–H groups in total. The van der Waals surface area contributed by atoms with Crippen molar-refractivity contribution in [1.29, 1.82) is 0 Å². The van der Waals surface area contributed by atoms with E-state index in [0.29, 0.717) is 24.5 Å². The molecule has 0 fully saturated rings. The molecule has 0 radical (unpaired) electrons. The van der Waals surface area contributed by atoms with Crippen molar-refractivity contribution in [2.75, 3.05) is 19.8 Å². The summed E-state index contributed by atoms with van der Waals surface area (Å²) < 4.78 is 11.1. The second kappa shape index (κ2) is 6.34. The van der Waals surface area contributed by atoms with Gasteiger partial charge in [0.2, 0.25) is 0 Å². The molecule has 0 saturated heterocycles. The number of rotatable bonds is 5. The first-order valence-electron chi connectivity index (χ1n) is 6.50. The molecule has 1 aliphatic rings. The first kappa shape index (κ1) is 13.6. The van der Waals surface area contributed by atoms with E-state index in [1.165, 1.54) is 4.90 Å². The van der Waals surface area contributed by atoms with Gasteiger partial charge in [0.15, 0.2) is 11.5 Å². The fourth-order valence-corrected chi connectivity index (χ4v) is 2.95. The zero-order chi connectivity index (χ0) is 13.0. The average Bonchev–Trinajstić information content (AvgIpc) is 2.39. The number of hydrogen-bond donors (Lipinski definition) is 1. The van der Waals surface area contributed by atoms with Gasteiger partial charge in [-0.1, -0.05) is 13.8 Å². The molecule has 100 valence electrons. The van der Waals surface area contributed by atoms with Crippen molar-refractivity contribution in [3.63, 3.8) is 0 Å². The summed E-state index contributed by atoms with van der Waals surface area (Å²) >= 11 is 1.87. The first-order valence-corrected chi connectivity index (χ1v) is 7.38. The van der Waals surface area contributed by atoms with Crippen LogP contribution in [0.2, 0.25) is 0 Å². The predicted octanol–water partition coefficient (Wildman–Crippen LogP) is 2.94. The van der Waals surface area contributed by atoms with Gasteiger partial charge in [-0.3, -0.25) is 0 Å². The number of fused-ring (bicyclic) bond motifs is 1. The third-order valence-electron chi connectivity index (χ3n) is 3.07. The standard InChI is InChI=1S/C14H21NO2S/c1-4-15-10(2)11(3)18-12-5-6-13-14(9-12)17-8-7-16-13/h5-6,9-11,15H,4,7-8H2,1-3H3. The summed E-state index contributed by atoms with van der Waals surface area (Å²) in [4.78, 5) is 1.23. The molecule has 2 atom stereocenters. The monoisotopic (exact) mass is 267 g/mol. The van der Waals surface area contributed by atoms with Gasteiger partial charge >= 0.3 is 0 Å². The Bertz CT molecular complexity index is 397. The van der Waals surface area contributed by atoms with Crippen molar-refractivity contribution in [2.24, 2.45) is 0 Å². The minimum absolute atomic E-state index is 0.494. The minimum Gasteiger partial charge on any atom is -0.486 e. The van der Waals surface area contributed by atoms with E-state index in [2.05, 4.69) is 38.2 Å². The predicted molar refractivity (Wildman–Crippen MR) is 75.9 cm³/mol. The van der Waals surface area contributed by atoms with Crippen LogP contribution in [-0.2, 0) is 0 Å². The van der Waals surface area contributed by atoms with Crippen molar-refractivity contribution in [2.45, 2.75) is 37.0 Å². The molecule has 1 aliphatic heterocycles. The highest BCUT2D eigenvalue weighted by atomic mass is 32.2. The summed E-state index contributed by atoms with van der Waals surface area (Å²) in [5, 5.41) is 3.97. The van der Waals surface area contributed by atoms with Gasteiger partial charge in [0.1, 0.15) is 13.2 Å². The summed E-state index contributed by atoms with van der Waals surface area (Å²) in [7, 11) is 0. The van der Waals surface area contributed by atoms with Crippen molar-refractivity contribution in [3.8, 4) is 11.5 Å². The molecule has 1 heterocycles. The zero-order valence-corrected chi connectivity index (χ0v) is 12.0. The van der Waals surface area contributed by atoms with Gasteiger partial charge in [0, 0.05) is 16.2 Å². The lowest BCUT2D eigenvalue weighted by Gasteiger charge is -2.22. The molecule has 0 saturated carbocycles. The van der Waals surface area contributed by atoms with Gasteiger partial charge in [-0.15, -0.1) is 11.8 Å². The Labute approximate surface area is 113 Å². The summed E-state index contributed by atoms with van der Waals surface area (Å²) in [6.45, 7) is 8.90. The highest BCUT2D eigenvalue weighted by Crippen LogP contribution is 2.35. The Morgan fingerprint density at radius 1 is 1.22 bits per heavy atom. The van der Waals surface area contributed by atoms with Gasteiger partial charge in [-0.25, -0.2) is 0 Å². The highest BCUT2D eigenvalue weighted by molar-refractivity contribution is 8.00. The second-order valence-electron chi connectivity index (χ2n) is 4.47. The third kappa shape index (κ3) is 3.33. The molecule has 0 amide bonds. The Morgan fingerprint density at radius 3 is 2.67 bits per heavy atom. The van der Waals surface area contributed by atoms with Crippen LogP contribution in [-0.4, -0.2) is 31.1 Å². The molecule has 0 spiro atoms. The maximum absolute atomic E-state index is 5.60. The van der Waals surface area contributed by atoms with Crippen molar-refractivity contribution < 1.29 is 9.47 Å². The number of nitrogens with one attached hydrogen (secondary N) is 1. The summed E-state index contributed by atoms with van der Waals surface area (Å²) in [5.41, 5.74) is 0. The molecule has 4 heteroatoms. The van der Waals surface area contributed by atoms with Crippen LogP contribution in [0.1, 0.15) is 20.8 Å². The summed E-state index contributed by atoms with van der Waals surface area (Å²) in [6, 6.07) is 6.68. The quantitative estimate of drug-likeness (QED) is 0.831. The summed E-state index contributed by atoms with van der Waals surface area (Å²) in [5.74, 6) is 1.73. The van der Waals surface area contributed by atoms with E-state index >= 15 is 0 Å². The number of benzene rings is 1. The van der Waals surface area contributed by atoms with Gasteiger partial charge < -0.3 is 14.8 Å². The van der Waals surface area contributed by atoms with Crippen LogP contribution in [0, 0.1) is 0 Å². The lowest BCUT2D eigenvalue weighted by Crippen LogP contribution is -2.33. The molecule has 0 bridgehead atoms. The van der Waals surface area contributed by atoms with E-state index in [1.54, 1.807) is 0 Å². The summed E-state index contributed by atoms with van der Waals surface area (Å²) in [6.07, 6.45) is 0. The van der Waals surface area contributed by atoms with Crippen LogP contribution in [0.5, 0.6) is 11.5 Å². The van der Waals surface area contributed by atoms with E-state index in [-0.39, 0.29) is 0 Å². The zero-order valence-electron chi connectivity index (χ0n) is 11.2. The van der Waals surface area contributed by atoms with E-state index in [0.717, 1.165) is 18.0 Å². The normalized spacial score (nSPS) is 17.3. The number of ether oxygens (including phenoxy) is 2. The number of thioether (sulfide) groups is 1.